The van der Waals surface area contributed by atoms with Gasteiger partial charge < -0.3 is 19.9 Å². The molecule has 3 aromatic rings. The lowest BCUT2D eigenvalue weighted by molar-refractivity contribution is 0.229. The fourth-order valence-corrected chi connectivity index (χ4v) is 4.24. The molecular weight excluding hydrogens is 446 g/mol. The highest BCUT2D eigenvalue weighted by molar-refractivity contribution is 6.32. The third-order valence-electron chi connectivity index (χ3n) is 5.76. The first-order valence-corrected chi connectivity index (χ1v) is 11.0. The molecule has 0 spiro atoms. The maximum Gasteiger partial charge on any atom is 0.327 e. The summed E-state index contributed by atoms with van der Waals surface area (Å²) in [5, 5.41) is 4.40. The highest BCUT2D eigenvalue weighted by atomic mass is 35.5. The molecule has 2 aromatic heterocycles. The molecule has 174 valence electrons. The number of hydrogen-bond donors (Lipinski definition) is 2. The number of anilines is 2. The van der Waals surface area contributed by atoms with Crippen LogP contribution in [0.3, 0.4) is 0 Å². The van der Waals surface area contributed by atoms with Crippen LogP contribution in [-0.2, 0) is 0 Å². The summed E-state index contributed by atoms with van der Waals surface area (Å²) in [4.78, 5) is 44.8. The molecule has 10 nitrogen and oxygen atoms in total. The molecule has 0 saturated carbocycles. The maximum atomic E-state index is 12.8. The van der Waals surface area contributed by atoms with Gasteiger partial charge in [0.25, 0.3) is 5.56 Å². The normalized spacial score (nSPS) is 17.0. The number of methoxy groups -OCH3 is 1. The van der Waals surface area contributed by atoms with E-state index in [1.165, 1.54) is 7.11 Å². The second-order valence-electron chi connectivity index (χ2n) is 8.10. The summed E-state index contributed by atoms with van der Waals surface area (Å²) in [7, 11) is 3.28. The molecule has 2 N–H and O–H groups in total. The average molecular weight is 472 g/mol. The Morgan fingerprint density at radius 3 is 2.73 bits per heavy atom. The van der Waals surface area contributed by atoms with Crippen molar-refractivity contribution in [2.75, 3.05) is 30.9 Å². The van der Waals surface area contributed by atoms with E-state index in [-0.39, 0.29) is 23.6 Å². The van der Waals surface area contributed by atoms with Crippen LogP contribution >= 0.6 is 11.6 Å². The summed E-state index contributed by atoms with van der Waals surface area (Å²) < 4.78 is 5.22. The van der Waals surface area contributed by atoms with Crippen molar-refractivity contribution < 1.29 is 9.53 Å². The van der Waals surface area contributed by atoms with Gasteiger partial charge in [0.2, 0.25) is 11.9 Å². The lowest BCUT2D eigenvalue weighted by atomic mass is 10.1. The number of rotatable bonds is 6. The molecule has 1 aromatic carbocycles. The van der Waals surface area contributed by atoms with Gasteiger partial charge in [-0.3, -0.25) is 9.69 Å². The molecule has 1 saturated heterocycles. The standard InChI is InChI=1S/C22H26ClN7O3/c1-6-14-10-29(4)22(32)30(14)21-26-12(3)25-20(28-21)24-11(2)15-7-13-8-16(23)18(33-5)9-17(13)27-19(15)31/h7-9,11,14H,6,10H2,1-5H3,(H,27,31)(H,24,25,26,28)/t11-,14-/m0/s1. The topological polar surface area (TPSA) is 116 Å². The Labute approximate surface area is 196 Å². The number of aromatic amines is 1. The third-order valence-corrected chi connectivity index (χ3v) is 6.06. The zero-order valence-electron chi connectivity index (χ0n) is 19.1. The van der Waals surface area contributed by atoms with Crippen LogP contribution in [-0.4, -0.2) is 57.6 Å². The number of H-pyrrole nitrogens is 1. The van der Waals surface area contributed by atoms with Crippen molar-refractivity contribution in [2.45, 2.75) is 39.3 Å². The van der Waals surface area contributed by atoms with E-state index in [9.17, 15) is 9.59 Å². The number of benzene rings is 1. The van der Waals surface area contributed by atoms with Crippen LogP contribution in [0.4, 0.5) is 16.7 Å². The summed E-state index contributed by atoms with van der Waals surface area (Å²) >= 11 is 6.25. The molecular formula is C22H26ClN7O3. The van der Waals surface area contributed by atoms with Crippen LogP contribution in [0.1, 0.15) is 37.7 Å². The number of nitrogens with zero attached hydrogens (tertiary/aromatic N) is 5. The Hall–Kier alpha value is -3.40. The number of halogens is 1. The van der Waals surface area contributed by atoms with E-state index in [0.29, 0.717) is 40.2 Å². The van der Waals surface area contributed by atoms with Crippen molar-refractivity contribution in [2.24, 2.45) is 0 Å². The molecule has 4 rings (SSSR count). The third kappa shape index (κ3) is 4.30. The van der Waals surface area contributed by atoms with Gasteiger partial charge in [-0.25, -0.2) is 4.79 Å². The molecule has 33 heavy (non-hydrogen) atoms. The van der Waals surface area contributed by atoms with Gasteiger partial charge in [-0.1, -0.05) is 18.5 Å². The molecule has 3 heterocycles. The molecule has 0 radical (unpaired) electrons. The van der Waals surface area contributed by atoms with Gasteiger partial charge in [0.15, 0.2) is 0 Å². The lowest BCUT2D eigenvalue weighted by Crippen LogP contribution is -2.36. The smallest absolute Gasteiger partial charge is 0.327 e. The SMILES string of the molecule is CC[C@H]1CN(C)C(=O)N1c1nc(C)nc(N[C@@H](C)c2cc3cc(Cl)c(OC)cc3[nH]c2=O)n1. The van der Waals surface area contributed by atoms with Crippen molar-refractivity contribution in [3.05, 3.63) is 45.0 Å². The van der Waals surface area contributed by atoms with Crippen LogP contribution in [0.5, 0.6) is 5.75 Å². The first kappa shape index (κ1) is 22.8. The number of carbonyl (C=O) groups is 1. The van der Waals surface area contributed by atoms with Crippen molar-refractivity contribution in [1.29, 1.82) is 0 Å². The number of aryl methyl sites for hydroxylation is 1. The van der Waals surface area contributed by atoms with Crippen molar-refractivity contribution in [1.82, 2.24) is 24.8 Å². The van der Waals surface area contributed by atoms with E-state index >= 15 is 0 Å². The van der Waals surface area contributed by atoms with Gasteiger partial charge in [0.05, 0.1) is 29.7 Å². The van der Waals surface area contributed by atoms with E-state index in [1.54, 1.807) is 42.0 Å². The van der Waals surface area contributed by atoms with Crippen molar-refractivity contribution in [3.8, 4) is 5.75 Å². The zero-order valence-corrected chi connectivity index (χ0v) is 19.9. The summed E-state index contributed by atoms with van der Waals surface area (Å²) in [5.74, 6) is 1.54. The fraction of sp³-hybridized carbons (Fsp3) is 0.409. The van der Waals surface area contributed by atoms with E-state index in [1.807, 2.05) is 13.8 Å². The Kier molecular flexibility index (Phi) is 6.11. The number of fused-ring (bicyclic) bond motifs is 1. The van der Waals surface area contributed by atoms with Gasteiger partial charge in [-0.2, -0.15) is 15.0 Å². The van der Waals surface area contributed by atoms with E-state index in [0.717, 1.165) is 11.8 Å². The van der Waals surface area contributed by atoms with Gasteiger partial charge in [0.1, 0.15) is 11.6 Å². The van der Waals surface area contributed by atoms with Crippen molar-refractivity contribution in [3.63, 3.8) is 0 Å². The molecule has 2 amide bonds. The van der Waals surface area contributed by atoms with Gasteiger partial charge in [0, 0.05) is 30.6 Å². The molecule has 1 fully saturated rings. The summed E-state index contributed by atoms with van der Waals surface area (Å²) in [6.45, 7) is 6.21. The van der Waals surface area contributed by atoms with Gasteiger partial charge in [-0.15, -0.1) is 0 Å². The Bertz CT molecular complexity index is 1280. The molecule has 2 atom stereocenters. The lowest BCUT2D eigenvalue weighted by Gasteiger charge is -2.21. The van der Waals surface area contributed by atoms with Crippen LogP contribution in [0, 0.1) is 6.92 Å². The maximum absolute atomic E-state index is 12.8. The highest BCUT2D eigenvalue weighted by Gasteiger charge is 2.37. The zero-order chi connectivity index (χ0) is 23.9. The number of nitrogens with one attached hydrogen (secondary N) is 2. The number of amides is 2. The molecule has 11 heteroatoms. The average Bonchev–Trinajstić information content (AvgIpc) is 3.06. The number of aromatic nitrogens is 4. The number of pyridine rings is 1. The predicted molar refractivity (Wildman–Crippen MR) is 127 cm³/mol. The number of ether oxygens (including phenoxy) is 1. The fourth-order valence-electron chi connectivity index (χ4n) is 3.99. The quantitative estimate of drug-likeness (QED) is 0.565. The minimum atomic E-state index is -0.424. The summed E-state index contributed by atoms with van der Waals surface area (Å²) in [6.07, 6.45) is 0.778. The molecule has 1 aliphatic rings. The summed E-state index contributed by atoms with van der Waals surface area (Å²) in [6, 6.07) is 4.62. The Morgan fingerprint density at radius 2 is 2.03 bits per heavy atom. The van der Waals surface area contributed by atoms with Crippen LogP contribution in [0.15, 0.2) is 23.0 Å². The van der Waals surface area contributed by atoms with Crippen molar-refractivity contribution >= 4 is 40.4 Å². The van der Waals surface area contributed by atoms with Crippen LogP contribution in [0.25, 0.3) is 10.9 Å². The number of carbonyl (C=O) groups excluding carboxylic acids is 1. The van der Waals surface area contributed by atoms with E-state index in [4.69, 9.17) is 16.3 Å². The van der Waals surface area contributed by atoms with E-state index < -0.39 is 6.04 Å². The second kappa shape index (κ2) is 8.86. The van der Waals surface area contributed by atoms with Crippen LogP contribution < -0.4 is 20.5 Å². The molecule has 0 aliphatic carbocycles. The predicted octanol–water partition coefficient (Wildman–Crippen LogP) is 3.51. The molecule has 1 aliphatic heterocycles. The molecule has 0 bridgehead atoms. The largest absolute Gasteiger partial charge is 0.495 e. The number of likely N-dealkylation sites (N-methyl/N-ethyl adjacent to an activating group) is 1. The minimum Gasteiger partial charge on any atom is -0.495 e. The van der Waals surface area contributed by atoms with Crippen LogP contribution in [0.2, 0.25) is 5.02 Å². The number of hydrogen-bond acceptors (Lipinski definition) is 7. The number of urea groups is 1. The highest BCUT2D eigenvalue weighted by Crippen LogP contribution is 2.30. The Balaban J connectivity index is 1.66. The first-order valence-electron chi connectivity index (χ1n) is 10.7. The Morgan fingerprint density at radius 1 is 1.27 bits per heavy atom. The monoisotopic (exact) mass is 471 g/mol. The van der Waals surface area contributed by atoms with E-state index in [2.05, 4.69) is 25.3 Å². The summed E-state index contributed by atoms with van der Waals surface area (Å²) in [5.41, 5.74) is 0.866. The van der Waals surface area contributed by atoms with Gasteiger partial charge >= 0.3 is 6.03 Å². The molecule has 0 unspecified atom stereocenters. The first-order chi connectivity index (χ1) is 15.7. The second-order valence-corrected chi connectivity index (χ2v) is 8.50. The minimum absolute atomic E-state index is 0.0142. The van der Waals surface area contributed by atoms with Gasteiger partial charge in [-0.05, 0) is 32.4 Å².